The minimum atomic E-state index is -0.0796. The minimum absolute atomic E-state index is 0.0796. The smallest absolute Gasteiger partial charge is 0.251 e. The van der Waals surface area contributed by atoms with Crippen LogP contribution in [0.25, 0.3) is 16.8 Å². The van der Waals surface area contributed by atoms with E-state index in [2.05, 4.69) is 15.4 Å². The number of nitrogens with zero attached hydrogens (tertiary/aromatic N) is 4. The van der Waals surface area contributed by atoms with Crippen molar-refractivity contribution in [3.05, 3.63) is 77.4 Å². The number of fused-ring (bicyclic) bond motifs is 1. The van der Waals surface area contributed by atoms with Gasteiger partial charge in [0.05, 0.1) is 0 Å². The molecule has 1 fully saturated rings. The summed E-state index contributed by atoms with van der Waals surface area (Å²) in [7, 11) is 0. The summed E-state index contributed by atoms with van der Waals surface area (Å²) >= 11 is 0. The van der Waals surface area contributed by atoms with Crippen molar-refractivity contribution in [1.29, 1.82) is 0 Å². The van der Waals surface area contributed by atoms with E-state index in [1.54, 1.807) is 0 Å². The fraction of sp³-hybridized carbons (Fsp3) is 0.280. The predicted octanol–water partition coefficient (Wildman–Crippen LogP) is 4.27. The molecule has 0 atom stereocenters. The maximum absolute atomic E-state index is 12.4. The second kappa shape index (κ2) is 8.42. The highest BCUT2D eigenvalue weighted by molar-refractivity contribution is 5.94. The number of imidazole rings is 1. The van der Waals surface area contributed by atoms with Crippen LogP contribution in [-0.2, 0) is 6.54 Å². The highest BCUT2D eigenvalue weighted by atomic mass is 16.1. The Hall–Kier alpha value is -3.74. The first kappa shape index (κ1) is 20.2. The second-order valence-corrected chi connectivity index (χ2v) is 8.45. The summed E-state index contributed by atoms with van der Waals surface area (Å²) in [5.41, 5.74) is 11.5. The van der Waals surface area contributed by atoms with Crippen molar-refractivity contribution in [2.45, 2.75) is 45.1 Å². The van der Waals surface area contributed by atoms with E-state index in [-0.39, 0.29) is 5.91 Å². The van der Waals surface area contributed by atoms with E-state index in [0.717, 1.165) is 46.6 Å². The molecule has 2 aromatic heterocycles. The Bertz CT molecular complexity index is 1270. The first-order valence-corrected chi connectivity index (χ1v) is 11.0. The number of benzene rings is 2. The molecule has 0 aliphatic heterocycles. The molecule has 0 radical (unpaired) electrons. The summed E-state index contributed by atoms with van der Waals surface area (Å²) < 4.78 is 1.86. The number of amides is 1. The first-order valence-electron chi connectivity index (χ1n) is 11.0. The van der Waals surface area contributed by atoms with E-state index in [0.29, 0.717) is 23.8 Å². The van der Waals surface area contributed by atoms with Crippen molar-refractivity contribution < 1.29 is 4.79 Å². The number of aryl methyl sites for hydroxylation is 1. The molecule has 1 saturated carbocycles. The average Bonchev–Trinajstić information content (AvgIpc) is 3.46. The summed E-state index contributed by atoms with van der Waals surface area (Å²) in [6, 6.07) is 15.6. The van der Waals surface area contributed by atoms with Crippen LogP contribution in [0.3, 0.4) is 0 Å². The summed E-state index contributed by atoms with van der Waals surface area (Å²) in [5.74, 6) is 1.72. The van der Waals surface area contributed by atoms with Crippen molar-refractivity contribution in [2.75, 3.05) is 5.73 Å². The Balaban J connectivity index is 1.39. The Morgan fingerprint density at radius 2 is 1.94 bits per heavy atom. The van der Waals surface area contributed by atoms with Gasteiger partial charge >= 0.3 is 0 Å². The monoisotopic (exact) mass is 426 g/mol. The number of aromatic nitrogens is 4. The molecule has 4 aromatic rings. The van der Waals surface area contributed by atoms with Crippen molar-refractivity contribution in [3.8, 4) is 11.3 Å². The number of nitrogens with one attached hydrogen (secondary N) is 1. The maximum Gasteiger partial charge on any atom is 0.251 e. The van der Waals surface area contributed by atoms with Crippen molar-refractivity contribution in [1.82, 2.24) is 24.9 Å². The van der Waals surface area contributed by atoms with Crippen molar-refractivity contribution >= 4 is 17.2 Å². The molecular formula is C25H26N6O. The van der Waals surface area contributed by atoms with Gasteiger partial charge in [-0.15, -0.1) is 0 Å². The number of nitrogens with two attached hydrogens (primary N) is 1. The van der Waals surface area contributed by atoms with Crippen LogP contribution in [0.5, 0.6) is 0 Å². The van der Waals surface area contributed by atoms with Crippen LogP contribution in [0.2, 0.25) is 0 Å². The topological polar surface area (TPSA) is 98.2 Å². The largest absolute Gasteiger partial charge is 0.382 e. The van der Waals surface area contributed by atoms with Gasteiger partial charge in [0.1, 0.15) is 23.4 Å². The normalized spacial score (nSPS) is 14.2. The lowest BCUT2D eigenvalue weighted by atomic mass is 10.1. The fourth-order valence-electron chi connectivity index (χ4n) is 4.48. The summed E-state index contributed by atoms with van der Waals surface area (Å²) in [6.07, 6.45) is 6.19. The molecule has 0 saturated heterocycles. The average molecular weight is 427 g/mol. The molecule has 3 N–H and O–H groups in total. The lowest BCUT2D eigenvalue weighted by molar-refractivity contribution is 0.0951. The third-order valence-corrected chi connectivity index (χ3v) is 6.17. The van der Waals surface area contributed by atoms with Gasteiger partial charge in [0.2, 0.25) is 0 Å². The molecule has 5 rings (SSSR count). The number of carbonyl (C=O) groups excluding carboxylic acids is 1. The minimum Gasteiger partial charge on any atom is -0.382 e. The highest BCUT2D eigenvalue weighted by Gasteiger charge is 2.25. The molecule has 2 heterocycles. The second-order valence-electron chi connectivity index (χ2n) is 8.45. The number of nitrogen functional groups attached to an aromatic ring is 1. The molecule has 0 bridgehead atoms. The van der Waals surface area contributed by atoms with Crippen molar-refractivity contribution in [2.24, 2.45) is 0 Å². The van der Waals surface area contributed by atoms with Gasteiger partial charge in [0.15, 0.2) is 5.82 Å². The van der Waals surface area contributed by atoms with Crippen LogP contribution in [0.1, 0.15) is 58.9 Å². The van der Waals surface area contributed by atoms with Gasteiger partial charge < -0.3 is 11.1 Å². The lowest BCUT2D eigenvalue weighted by Gasteiger charge is -2.07. The molecule has 1 amide bonds. The Morgan fingerprint density at radius 3 is 2.69 bits per heavy atom. The Kier molecular flexibility index (Phi) is 5.31. The van der Waals surface area contributed by atoms with Crippen LogP contribution in [0.4, 0.5) is 5.82 Å². The van der Waals surface area contributed by atoms with Gasteiger partial charge in [-0.05, 0) is 37.5 Å². The molecular weight excluding hydrogens is 400 g/mol. The van der Waals surface area contributed by atoms with Crippen LogP contribution in [0, 0.1) is 6.92 Å². The highest BCUT2D eigenvalue weighted by Crippen LogP contribution is 2.37. The molecule has 7 heteroatoms. The zero-order valence-electron chi connectivity index (χ0n) is 18.1. The third-order valence-electron chi connectivity index (χ3n) is 6.17. The van der Waals surface area contributed by atoms with Gasteiger partial charge in [-0.2, -0.15) is 5.10 Å². The third kappa shape index (κ3) is 3.82. The van der Waals surface area contributed by atoms with E-state index in [9.17, 15) is 4.79 Å². The molecule has 32 heavy (non-hydrogen) atoms. The number of anilines is 1. The molecule has 1 aliphatic rings. The van der Waals surface area contributed by atoms with Crippen LogP contribution in [-0.4, -0.2) is 25.5 Å². The van der Waals surface area contributed by atoms with Crippen LogP contribution >= 0.6 is 0 Å². The lowest BCUT2D eigenvalue weighted by Crippen LogP contribution is -2.22. The summed E-state index contributed by atoms with van der Waals surface area (Å²) in [6.45, 7) is 2.43. The van der Waals surface area contributed by atoms with Gasteiger partial charge in [-0.25, -0.2) is 14.5 Å². The summed E-state index contributed by atoms with van der Waals surface area (Å²) in [4.78, 5) is 21.6. The zero-order chi connectivity index (χ0) is 22.1. The molecule has 162 valence electrons. The maximum atomic E-state index is 12.4. The molecule has 2 aromatic carbocycles. The van der Waals surface area contributed by atoms with Gasteiger partial charge in [-0.3, -0.25) is 4.79 Å². The molecule has 0 unspecified atom stereocenters. The molecule has 1 aliphatic carbocycles. The van der Waals surface area contributed by atoms with Gasteiger partial charge in [0.25, 0.3) is 5.91 Å². The van der Waals surface area contributed by atoms with E-state index >= 15 is 0 Å². The number of hydrogen-bond donors (Lipinski definition) is 2. The van der Waals surface area contributed by atoms with Gasteiger partial charge in [0, 0.05) is 23.6 Å². The quantitative estimate of drug-likeness (QED) is 0.497. The van der Waals surface area contributed by atoms with E-state index < -0.39 is 0 Å². The number of rotatable bonds is 5. The fourth-order valence-corrected chi connectivity index (χ4v) is 4.48. The Labute approximate surface area is 186 Å². The van der Waals surface area contributed by atoms with Crippen molar-refractivity contribution in [3.63, 3.8) is 0 Å². The molecule has 7 nitrogen and oxygen atoms in total. The SMILES string of the molecule is Cc1cccc(C(=O)NCc2ccc(-c3nc(C4CCCC4)n4ncnc(N)c34)cc2)c1. The predicted molar refractivity (Wildman–Crippen MR) is 124 cm³/mol. The first-order chi connectivity index (χ1) is 15.6. The van der Waals surface area contributed by atoms with E-state index in [4.69, 9.17) is 10.7 Å². The van der Waals surface area contributed by atoms with Gasteiger partial charge in [-0.1, -0.05) is 54.8 Å². The molecule has 0 spiro atoms. The van der Waals surface area contributed by atoms with E-state index in [1.165, 1.54) is 19.2 Å². The zero-order valence-corrected chi connectivity index (χ0v) is 18.1. The Morgan fingerprint density at radius 1 is 1.16 bits per heavy atom. The number of hydrogen-bond acceptors (Lipinski definition) is 5. The van der Waals surface area contributed by atoms with E-state index in [1.807, 2.05) is 60.0 Å². The summed E-state index contributed by atoms with van der Waals surface area (Å²) in [5, 5.41) is 7.43. The number of carbonyl (C=O) groups is 1. The standard InChI is InChI=1S/C25H26N6O/c1-16-5-4-8-20(13-16)25(32)27-14-17-9-11-18(12-10-17)21-22-23(26)28-15-29-31(22)24(30-21)19-6-2-3-7-19/h4-5,8-13,15,19H,2-3,6-7,14H2,1H3,(H,27,32)(H2,26,28,29). The van der Waals surface area contributed by atoms with Crippen LogP contribution in [0.15, 0.2) is 54.9 Å². The van der Waals surface area contributed by atoms with Crippen LogP contribution < -0.4 is 11.1 Å².